The van der Waals surface area contributed by atoms with Gasteiger partial charge in [-0.3, -0.25) is 0 Å². The molecule has 0 fully saturated rings. The van der Waals surface area contributed by atoms with Gasteiger partial charge in [0.05, 0.1) is 5.69 Å². The molecule has 0 bridgehead atoms. The van der Waals surface area contributed by atoms with E-state index in [1.165, 1.54) is 6.07 Å². The summed E-state index contributed by atoms with van der Waals surface area (Å²) in [6, 6.07) is 2.88. The van der Waals surface area contributed by atoms with Gasteiger partial charge in [0.1, 0.15) is 5.52 Å². The van der Waals surface area contributed by atoms with Crippen LogP contribution in [0.5, 0.6) is 5.75 Å². The van der Waals surface area contributed by atoms with Crippen LogP contribution in [0, 0.1) is 5.82 Å². The van der Waals surface area contributed by atoms with Gasteiger partial charge in [-0.05, 0) is 28.1 Å². The predicted octanol–water partition coefficient (Wildman–Crippen LogP) is 2.90. The maximum absolute atomic E-state index is 13.0. The second-order valence-corrected chi connectivity index (χ2v) is 3.43. The zero-order valence-electron chi connectivity index (χ0n) is 5.98. The van der Waals surface area contributed by atoms with Crippen LogP contribution in [0.3, 0.4) is 0 Å². The minimum absolute atomic E-state index is 0.0788. The molecule has 0 spiro atoms. The van der Waals surface area contributed by atoms with Gasteiger partial charge in [0.25, 0.3) is 0 Å². The van der Waals surface area contributed by atoms with E-state index in [2.05, 4.69) is 31.9 Å². The lowest BCUT2D eigenvalue weighted by Crippen LogP contribution is -1.98. The van der Waals surface area contributed by atoms with Crippen molar-refractivity contribution in [1.82, 2.24) is 0 Å². The Hall–Kier alpha value is -0.290. The Morgan fingerprint density at radius 3 is 2.67 bits per heavy atom. The number of halogens is 3. The number of nitrogen functional groups attached to an aromatic ring is 1. The molecule has 1 aromatic rings. The molecule has 0 aliphatic carbocycles. The van der Waals surface area contributed by atoms with E-state index in [4.69, 9.17) is 10.5 Å². The summed E-state index contributed by atoms with van der Waals surface area (Å²) in [5.41, 5.74) is 5.99. The van der Waals surface area contributed by atoms with Gasteiger partial charge in [0.2, 0.25) is 0 Å². The molecule has 66 valence electrons. The second-order valence-electron chi connectivity index (χ2n) is 2.06. The molecule has 0 atom stereocenters. The molecule has 0 saturated carbocycles. The van der Waals surface area contributed by atoms with Gasteiger partial charge in [-0.25, -0.2) is 4.39 Å². The predicted molar refractivity (Wildman–Crippen MR) is 52.9 cm³/mol. The molecular weight excluding hydrogens is 293 g/mol. The first-order valence-electron chi connectivity index (χ1n) is 3.08. The summed E-state index contributed by atoms with van der Waals surface area (Å²) in [5.74, 6) is -0.392. The Kier molecular flexibility index (Phi) is 3.34. The fourth-order valence-electron chi connectivity index (χ4n) is 0.787. The molecule has 1 rings (SSSR count). The van der Waals surface area contributed by atoms with E-state index in [9.17, 15) is 4.39 Å². The Morgan fingerprint density at radius 1 is 1.50 bits per heavy atom. The van der Waals surface area contributed by atoms with E-state index in [0.29, 0.717) is 4.47 Å². The van der Waals surface area contributed by atoms with Crippen LogP contribution in [0.4, 0.5) is 10.1 Å². The van der Waals surface area contributed by atoms with Crippen molar-refractivity contribution in [2.24, 2.45) is 0 Å². The van der Waals surface area contributed by atoms with E-state index >= 15 is 0 Å². The van der Waals surface area contributed by atoms with Crippen molar-refractivity contribution in [3.63, 3.8) is 0 Å². The van der Waals surface area contributed by atoms with E-state index in [0.717, 1.165) is 0 Å². The number of anilines is 1. The van der Waals surface area contributed by atoms with Crippen LogP contribution in [0.2, 0.25) is 0 Å². The Balaban J connectivity index is 3.10. The monoisotopic (exact) mass is 297 g/mol. The molecule has 0 heterocycles. The fraction of sp³-hybridized carbons (Fsp3) is 0.143. The molecule has 0 aliphatic heterocycles. The van der Waals surface area contributed by atoms with Crippen LogP contribution in [-0.2, 0) is 0 Å². The summed E-state index contributed by atoms with van der Waals surface area (Å²) in [6.45, 7) is 0. The number of nitrogens with two attached hydrogens (primary N) is 1. The van der Waals surface area contributed by atoms with Crippen LogP contribution in [0.25, 0.3) is 0 Å². The number of benzene rings is 1. The molecule has 0 saturated heterocycles. The number of hydrogen-bond donors (Lipinski definition) is 1. The average Bonchev–Trinajstić information content (AvgIpc) is 1.96. The Labute approximate surface area is 86.2 Å². The minimum atomic E-state index is -0.471. The number of alkyl halides is 1. The molecule has 0 aromatic heterocycles. The molecule has 5 heteroatoms. The van der Waals surface area contributed by atoms with Gasteiger partial charge in [-0.2, -0.15) is 0 Å². The fourth-order valence-corrected chi connectivity index (χ4v) is 1.46. The normalized spacial score (nSPS) is 9.92. The zero-order valence-corrected chi connectivity index (χ0v) is 9.15. The maximum atomic E-state index is 13.0. The van der Waals surface area contributed by atoms with Gasteiger partial charge in [-0.15, -0.1) is 0 Å². The molecule has 1 aromatic carbocycles. The summed E-state index contributed by atoms with van der Waals surface area (Å²) in [7, 11) is 0. The molecule has 2 N–H and O–H groups in total. The van der Waals surface area contributed by atoms with E-state index < -0.39 is 5.82 Å². The second kappa shape index (κ2) is 4.09. The molecule has 0 unspecified atom stereocenters. The maximum Gasteiger partial charge on any atom is 0.179 e. The van der Waals surface area contributed by atoms with Crippen molar-refractivity contribution in [2.45, 2.75) is 0 Å². The summed E-state index contributed by atoms with van der Waals surface area (Å²) in [6.07, 6.45) is 0. The number of hydrogen-bond acceptors (Lipinski definition) is 2. The molecular formula is C7H6Br2FNO. The van der Waals surface area contributed by atoms with Crippen LogP contribution in [0.15, 0.2) is 16.6 Å². The topological polar surface area (TPSA) is 35.2 Å². The lowest BCUT2D eigenvalue weighted by Gasteiger charge is -2.06. The van der Waals surface area contributed by atoms with Crippen molar-refractivity contribution in [1.29, 1.82) is 0 Å². The van der Waals surface area contributed by atoms with Gasteiger partial charge < -0.3 is 10.5 Å². The largest absolute Gasteiger partial charge is 0.477 e. The van der Waals surface area contributed by atoms with E-state index in [1.54, 1.807) is 6.07 Å². The average molecular weight is 299 g/mol. The molecule has 0 amide bonds. The SMILES string of the molecule is Nc1cc(Br)cc(F)c1OCBr. The quantitative estimate of drug-likeness (QED) is 0.673. The van der Waals surface area contributed by atoms with Gasteiger partial charge >= 0.3 is 0 Å². The first kappa shape index (κ1) is 9.80. The van der Waals surface area contributed by atoms with Crippen LogP contribution in [-0.4, -0.2) is 5.52 Å². The van der Waals surface area contributed by atoms with Crippen molar-refractivity contribution < 1.29 is 9.13 Å². The minimum Gasteiger partial charge on any atom is -0.477 e. The highest BCUT2D eigenvalue weighted by atomic mass is 79.9. The third-order valence-corrected chi connectivity index (χ3v) is 1.92. The van der Waals surface area contributed by atoms with Crippen molar-refractivity contribution >= 4 is 37.5 Å². The third-order valence-electron chi connectivity index (χ3n) is 1.24. The summed E-state index contributed by atoms with van der Waals surface area (Å²) in [4.78, 5) is 0. The van der Waals surface area contributed by atoms with Crippen LogP contribution >= 0.6 is 31.9 Å². The third kappa shape index (κ3) is 2.10. The van der Waals surface area contributed by atoms with Crippen molar-refractivity contribution in [3.8, 4) is 5.75 Å². The number of rotatable bonds is 2. The van der Waals surface area contributed by atoms with Gasteiger partial charge in [0, 0.05) is 4.47 Å². The van der Waals surface area contributed by atoms with Gasteiger partial charge in [-0.1, -0.05) is 15.9 Å². The molecule has 2 nitrogen and oxygen atoms in total. The Bertz CT molecular complexity index is 270. The smallest absolute Gasteiger partial charge is 0.179 e. The zero-order chi connectivity index (χ0) is 9.14. The van der Waals surface area contributed by atoms with Crippen LogP contribution in [0.1, 0.15) is 0 Å². The van der Waals surface area contributed by atoms with Crippen molar-refractivity contribution in [2.75, 3.05) is 11.2 Å². The lowest BCUT2D eigenvalue weighted by molar-refractivity contribution is 0.374. The molecule has 0 radical (unpaired) electrons. The first-order valence-corrected chi connectivity index (χ1v) is 5.00. The highest BCUT2D eigenvalue weighted by molar-refractivity contribution is 9.10. The van der Waals surface area contributed by atoms with Crippen molar-refractivity contribution in [3.05, 3.63) is 22.4 Å². The molecule has 0 aliphatic rings. The lowest BCUT2D eigenvalue weighted by atomic mass is 10.3. The first-order chi connectivity index (χ1) is 5.65. The number of ether oxygens (including phenoxy) is 1. The van der Waals surface area contributed by atoms with E-state index in [-0.39, 0.29) is 17.0 Å². The summed E-state index contributed by atoms with van der Waals surface area (Å²) >= 11 is 6.13. The van der Waals surface area contributed by atoms with E-state index in [1.807, 2.05) is 0 Å². The summed E-state index contributed by atoms with van der Waals surface area (Å²) < 4.78 is 18.6. The standard InChI is InChI=1S/C7H6Br2FNO/c8-3-12-7-5(10)1-4(9)2-6(7)11/h1-2H,3,11H2. The molecule has 12 heavy (non-hydrogen) atoms. The Morgan fingerprint density at radius 2 is 2.17 bits per heavy atom. The van der Waals surface area contributed by atoms with Gasteiger partial charge in [0.15, 0.2) is 11.6 Å². The highest BCUT2D eigenvalue weighted by Gasteiger charge is 2.08. The highest BCUT2D eigenvalue weighted by Crippen LogP contribution is 2.29. The van der Waals surface area contributed by atoms with Crippen LogP contribution < -0.4 is 10.5 Å². The summed E-state index contributed by atoms with van der Waals surface area (Å²) in [5, 5.41) is 0.